The van der Waals surface area contributed by atoms with Crippen LogP contribution in [0.1, 0.15) is 38.1 Å². The fourth-order valence-electron chi connectivity index (χ4n) is 2.46. The summed E-state index contributed by atoms with van der Waals surface area (Å²) < 4.78 is 26.3. The van der Waals surface area contributed by atoms with E-state index in [1.165, 1.54) is 12.1 Å². The molecule has 7 heteroatoms. The number of pyridine rings is 1. The smallest absolute Gasteiger partial charge is 0.399 e. The van der Waals surface area contributed by atoms with Gasteiger partial charge in [0, 0.05) is 6.20 Å². The maximum atomic E-state index is 14.4. The highest BCUT2D eigenvalue weighted by atomic mass is 19.1. The zero-order valence-electron chi connectivity index (χ0n) is 14.7. The van der Waals surface area contributed by atoms with Gasteiger partial charge in [0.1, 0.15) is 11.6 Å². The van der Waals surface area contributed by atoms with Crippen molar-refractivity contribution in [3.05, 3.63) is 54.0 Å². The van der Waals surface area contributed by atoms with Gasteiger partial charge < -0.3 is 14.6 Å². The number of hydrogen-bond donors (Lipinski definition) is 1. The summed E-state index contributed by atoms with van der Waals surface area (Å²) >= 11 is 0. The second-order valence-corrected chi connectivity index (χ2v) is 7.00. The minimum Gasteiger partial charge on any atom is -0.399 e. The van der Waals surface area contributed by atoms with E-state index < -0.39 is 30.0 Å². The Balaban J connectivity index is 1.79. The van der Waals surface area contributed by atoms with Gasteiger partial charge in [-0.15, -0.1) is 0 Å². The molecular weight excluding hydrogens is 322 g/mol. The number of amides is 1. The molecule has 130 valence electrons. The zero-order valence-corrected chi connectivity index (χ0v) is 14.7. The summed E-state index contributed by atoms with van der Waals surface area (Å²) in [5, 5.41) is 2.56. The first-order valence-corrected chi connectivity index (χ1v) is 8.07. The molecule has 1 aromatic heterocycles. The van der Waals surface area contributed by atoms with E-state index in [4.69, 9.17) is 9.31 Å². The Morgan fingerprint density at radius 2 is 1.80 bits per heavy atom. The molecule has 25 heavy (non-hydrogen) atoms. The Morgan fingerprint density at radius 3 is 2.36 bits per heavy atom. The third kappa shape index (κ3) is 3.43. The van der Waals surface area contributed by atoms with Gasteiger partial charge in [0.15, 0.2) is 0 Å². The average molecular weight is 342 g/mol. The third-order valence-electron chi connectivity index (χ3n) is 4.67. The van der Waals surface area contributed by atoms with Gasteiger partial charge in [-0.3, -0.25) is 4.79 Å². The number of anilines is 1. The average Bonchev–Trinajstić information content (AvgIpc) is 2.76. The number of halogens is 1. The lowest BCUT2D eigenvalue weighted by atomic mass is 9.78. The Hall–Kier alpha value is -2.25. The van der Waals surface area contributed by atoms with E-state index in [2.05, 4.69) is 10.3 Å². The summed E-state index contributed by atoms with van der Waals surface area (Å²) in [4.78, 5) is 16.2. The molecule has 2 heterocycles. The minimum absolute atomic E-state index is 0.0640. The lowest BCUT2D eigenvalue weighted by Gasteiger charge is -2.32. The first-order valence-electron chi connectivity index (χ1n) is 8.07. The van der Waals surface area contributed by atoms with E-state index in [9.17, 15) is 9.18 Å². The molecule has 1 fully saturated rings. The van der Waals surface area contributed by atoms with Gasteiger partial charge >= 0.3 is 7.12 Å². The van der Waals surface area contributed by atoms with Gasteiger partial charge in [0.25, 0.3) is 5.91 Å². The Kier molecular flexibility index (Phi) is 4.39. The molecule has 2 aromatic rings. The van der Waals surface area contributed by atoms with Gasteiger partial charge in [-0.05, 0) is 57.4 Å². The molecular formula is C18H20BFN2O3. The molecule has 1 aromatic carbocycles. The largest absolute Gasteiger partial charge is 0.494 e. The van der Waals surface area contributed by atoms with E-state index in [0.717, 1.165) is 0 Å². The number of rotatable bonds is 3. The molecule has 1 saturated heterocycles. The van der Waals surface area contributed by atoms with Gasteiger partial charge in [-0.1, -0.05) is 12.1 Å². The normalized spacial score (nSPS) is 18.2. The monoisotopic (exact) mass is 342 g/mol. The van der Waals surface area contributed by atoms with E-state index in [-0.39, 0.29) is 5.56 Å². The van der Waals surface area contributed by atoms with Crippen LogP contribution in [-0.2, 0) is 9.31 Å². The Bertz CT molecular complexity index is 780. The number of aromatic nitrogens is 1. The molecule has 5 nitrogen and oxygen atoms in total. The van der Waals surface area contributed by atoms with E-state index >= 15 is 0 Å². The zero-order chi connectivity index (χ0) is 18.2. The highest BCUT2D eigenvalue weighted by Crippen LogP contribution is 2.36. The molecule has 0 atom stereocenters. The highest BCUT2D eigenvalue weighted by molar-refractivity contribution is 6.62. The van der Waals surface area contributed by atoms with Crippen LogP contribution in [0.3, 0.4) is 0 Å². The lowest BCUT2D eigenvalue weighted by Crippen LogP contribution is -2.41. The van der Waals surface area contributed by atoms with Crippen LogP contribution in [0.5, 0.6) is 0 Å². The van der Waals surface area contributed by atoms with Crippen LogP contribution in [0.4, 0.5) is 10.2 Å². The van der Waals surface area contributed by atoms with Crippen molar-refractivity contribution >= 4 is 24.3 Å². The molecule has 1 aliphatic heterocycles. The molecule has 0 spiro atoms. The van der Waals surface area contributed by atoms with E-state index in [1.807, 2.05) is 27.7 Å². The summed E-state index contributed by atoms with van der Waals surface area (Å²) in [6, 6.07) is 9.44. The molecule has 0 radical (unpaired) electrons. The fourth-order valence-corrected chi connectivity index (χ4v) is 2.46. The summed E-state index contributed by atoms with van der Waals surface area (Å²) in [5.41, 5.74) is -0.553. The molecule has 3 rings (SSSR count). The number of nitrogens with zero attached hydrogens (tertiary/aromatic N) is 1. The van der Waals surface area contributed by atoms with Crippen molar-refractivity contribution in [1.29, 1.82) is 0 Å². The van der Waals surface area contributed by atoms with Crippen molar-refractivity contribution in [3.63, 3.8) is 0 Å². The van der Waals surface area contributed by atoms with Crippen LogP contribution in [0.15, 0.2) is 42.6 Å². The molecule has 1 N–H and O–H groups in total. The molecule has 0 bridgehead atoms. The summed E-state index contributed by atoms with van der Waals surface area (Å²) in [5.74, 6) is -0.834. The van der Waals surface area contributed by atoms with Crippen molar-refractivity contribution in [3.8, 4) is 0 Å². The molecule has 0 aliphatic carbocycles. The Labute approximate surface area is 146 Å². The first kappa shape index (κ1) is 17.6. The second-order valence-electron chi connectivity index (χ2n) is 7.00. The number of carbonyl (C=O) groups excluding carboxylic acids is 1. The second kappa shape index (κ2) is 6.24. The van der Waals surface area contributed by atoms with Crippen LogP contribution < -0.4 is 10.8 Å². The molecule has 0 unspecified atom stereocenters. The maximum absolute atomic E-state index is 14.4. The van der Waals surface area contributed by atoms with Crippen LogP contribution >= 0.6 is 0 Å². The summed E-state index contributed by atoms with van der Waals surface area (Å²) in [6.45, 7) is 7.71. The van der Waals surface area contributed by atoms with Crippen LogP contribution in [0, 0.1) is 5.82 Å². The quantitative estimate of drug-likeness (QED) is 0.872. The van der Waals surface area contributed by atoms with Crippen LogP contribution in [-0.4, -0.2) is 29.2 Å². The predicted octanol–water partition coefficient (Wildman–Crippen LogP) is 2.77. The van der Waals surface area contributed by atoms with Crippen molar-refractivity contribution in [2.45, 2.75) is 38.9 Å². The third-order valence-corrected chi connectivity index (χ3v) is 4.67. The van der Waals surface area contributed by atoms with Crippen molar-refractivity contribution < 1.29 is 18.5 Å². The van der Waals surface area contributed by atoms with Gasteiger partial charge in [-0.2, -0.15) is 0 Å². The topological polar surface area (TPSA) is 60.5 Å². The number of hydrogen-bond acceptors (Lipinski definition) is 4. The molecule has 0 saturated carbocycles. The van der Waals surface area contributed by atoms with E-state index in [0.29, 0.717) is 11.3 Å². The Morgan fingerprint density at radius 1 is 1.12 bits per heavy atom. The van der Waals surface area contributed by atoms with Gasteiger partial charge in [0.05, 0.1) is 16.8 Å². The number of carbonyl (C=O) groups is 1. The maximum Gasteiger partial charge on any atom is 0.494 e. The van der Waals surface area contributed by atoms with Crippen molar-refractivity contribution in [1.82, 2.24) is 4.98 Å². The highest BCUT2D eigenvalue weighted by Gasteiger charge is 2.51. The first-order chi connectivity index (χ1) is 11.7. The summed E-state index contributed by atoms with van der Waals surface area (Å²) in [7, 11) is -0.674. The van der Waals surface area contributed by atoms with Crippen LogP contribution in [0.2, 0.25) is 0 Å². The van der Waals surface area contributed by atoms with Crippen molar-refractivity contribution in [2.75, 3.05) is 5.32 Å². The SMILES string of the molecule is CC1(C)OB(c2ccc(C(=O)Nc3ccccn3)c(F)c2)OC1(C)C. The number of nitrogens with one attached hydrogen (secondary N) is 1. The molecule has 1 amide bonds. The minimum atomic E-state index is -0.674. The van der Waals surface area contributed by atoms with Crippen LogP contribution in [0.25, 0.3) is 0 Å². The predicted molar refractivity (Wildman–Crippen MR) is 94.3 cm³/mol. The van der Waals surface area contributed by atoms with E-state index in [1.54, 1.807) is 30.5 Å². The van der Waals surface area contributed by atoms with Crippen molar-refractivity contribution in [2.24, 2.45) is 0 Å². The van der Waals surface area contributed by atoms with Gasteiger partial charge in [0.2, 0.25) is 0 Å². The summed E-state index contributed by atoms with van der Waals surface area (Å²) in [6.07, 6.45) is 1.55. The molecule has 1 aliphatic rings. The number of benzene rings is 1. The standard InChI is InChI=1S/C18H20BFN2O3/c1-17(2)18(3,4)25-19(24-17)12-8-9-13(14(20)11-12)16(23)22-15-7-5-6-10-21-15/h5-11H,1-4H3,(H,21,22,23). The lowest BCUT2D eigenvalue weighted by molar-refractivity contribution is 0.00578. The van der Waals surface area contributed by atoms with Gasteiger partial charge in [-0.25, -0.2) is 9.37 Å². The fraction of sp³-hybridized carbons (Fsp3) is 0.333.